The summed E-state index contributed by atoms with van der Waals surface area (Å²) in [4.78, 5) is 26.5. The number of benzene rings is 2. The number of para-hydroxylation sites is 1. The molecule has 3 amide bonds. The Morgan fingerprint density at radius 1 is 1.20 bits per heavy atom. The summed E-state index contributed by atoms with van der Waals surface area (Å²) in [5.41, 5.74) is 2.42. The van der Waals surface area contributed by atoms with Crippen LogP contribution in [0.3, 0.4) is 0 Å². The van der Waals surface area contributed by atoms with Gasteiger partial charge in [0.15, 0.2) is 0 Å². The highest BCUT2D eigenvalue weighted by molar-refractivity contribution is 6.02. The zero-order valence-electron chi connectivity index (χ0n) is 14.3. The highest BCUT2D eigenvalue weighted by atomic mass is 16.5. The van der Waals surface area contributed by atoms with Crippen LogP contribution in [-0.4, -0.2) is 31.6 Å². The maximum atomic E-state index is 12.5. The van der Waals surface area contributed by atoms with E-state index in [9.17, 15) is 9.59 Å². The van der Waals surface area contributed by atoms with Gasteiger partial charge in [-0.15, -0.1) is 0 Å². The maximum Gasteiger partial charge on any atom is 0.319 e. The molecule has 6 nitrogen and oxygen atoms in total. The number of nitrogens with zero attached hydrogens (tertiary/aromatic N) is 1. The molecule has 1 fully saturated rings. The SMILES string of the molecule is COc1ccc(C)cc1NC(=O)N[C@@H]1CCN(c2ccccc2)C1=O. The number of rotatable bonds is 4. The second kappa shape index (κ2) is 7.25. The third-order valence-corrected chi connectivity index (χ3v) is 4.18. The smallest absolute Gasteiger partial charge is 0.319 e. The molecule has 0 unspecified atom stereocenters. The first-order valence-electron chi connectivity index (χ1n) is 8.17. The van der Waals surface area contributed by atoms with E-state index in [2.05, 4.69) is 10.6 Å². The highest BCUT2D eigenvalue weighted by Gasteiger charge is 2.33. The van der Waals surface area contributed by atoms with Crippen LogP contribution in [0.2, 0.25) is 0 Å². The lowest BCUT2D eigenvalue weighted by Gasteiger charge is -2.17. The second-order valence-electron chi connectivity index (χ2n) is 5.97. The molecule has 0 radical (unpaired) electrons. The highest BCUT2D eigenvalue weighted by Crippen LogP contribution is 2.25. The number of amides is 3. The summed E-state index contributed by atoms with van der Waals surface area (Å²) in [6.45, 7) is 2.52. The summed E-state index contributed by atoms with van der Waals surface area (Å²) < 4.78 is 5.25. The first-order chi connectivity index (χ1) is 12.1. The van der Waals surface area contributed by atoms with Gasteiger partial charge < -0.3 is 20.3 Å². The molecule has 1 aliphatic heterocycles. The van der Waals surface area contributed by atoms with Crippen molar-refractivity contribution >= 4 is 23.3 Å². The summed E-state index contributed by atoms with van der Waals surface area (Å²) in [6.07, 6.45) is 0.575. The number of hydrogen-bond donors (Lipinski definition) is 2. The van der Waals surface area contributed by atoms with E-state index < -0.39 is 12.1 Å². The van der Waals surface area contributed by atoms with Crippen molar-refractivity contribution in [3.8, 4) is 5.75 Å². The molecule has 1 atom stereocenters. The standard InChI is InChI=1S/C19H21N3O3/c1-13-8-9-17(25-2)16(12-13)21-19(24)20-15-10-11-22(18(15)23)14-6-4-3-5-7-14/h3-9,12,15H,10-11H2,1-2H3,(H2,20,21,24)/t15-/m1/s1. The molecule has 3 rings (SSSR count). The number of nitrogens with one attached hydrogen (secondary N) is 2. The van der Waals surface area contributed by atoms with Crippen LogP contribution in [0.15, 0.2) is 48.5 Å². The quantitative estimate of drug-likeness (QED) is 0.900. The van der Waals surface area contributed by atoms with Crippen molar-refractivity contribution in [2.45, 2.75) is 19.4 Å². The predicted molar refractivity (Wildman–Crippen MR) is 97.1 cm³/mol. The van der Waals surface area contributed by atoms with Gasteiger partial charge in [0.25, 0.3) is 0 Å². The Morgan fingerprint density at radius 3 is 2.68 bits per heavy atom. The van der Waals surface area contributed by atoms with E-state index in [1.54, 1.807) is 18.1 Å². The molecule has 0 aromatic heterocycles. The Bertz CT molecular complexity index is 777. The molecule has 2 N–H and O–H groups in total. The summed E-state index contributed by atoms with van der Waals surface area (Å²) >= 11 is 0. The van der Waals surface area contributed by atoms with Gasteiger partial charge in [0.1, 0.15) is 11.8 Å². The molecular weight excluding hydrogens is 318 g/mol. The van der Waals surface area contributed by atoms with E-state index in [4.69, 9.17) is 4.74 Å². The number of methoxy groups -OCH3 is 1. The topological polar surface area (TPSA) is 70.7 Å². The Kier molecular flexibility index (Phi) is 4.88. The van der Waals surface area contributed by atoms with E-state index >= 15 is 0 Å². The van der Waals surface area contributed by atoms with Crippen LogP contribution in [0.1, 0.15) is 12.0 Å². The third kappa shape index (κ3) is 3.74. The van der Waals surface area contributed by atoms with Crippen molar-refractivity contribution in [2.24, 2.45) is 0 Å². The normalized spacial score (nSPS) is 16.6. The van der Waals surface area contributed by atoms with Crippen LogP contribution in [0.5, 0.6) is 5.75 Å². The monoisotopic (exact) mass is 339 g/mol. The minimum atomic E-state index is -0.531. The summed E-state index contributed by atoms with van der Waals surface area (Å²) in [5.74, 6) is 0.474. The lowest BCUT2D eigenvalue weighted by atomic mass is 10.2. The summed E-state index contributed by atoms with van der Waals surface area (Å²) in [7, 11) is 1.55. The minimum absolute atomic E-state index is 0.0995. The lowest BCUT2D eigenvalue weighted by molar-refractivity contribution is -0.118. The molecule has 0 saturated carbocycles. The average Bonchev–Trinajstić information content (AvgIpc) is 2.96. The number of anilines is 2. The molecule has 130 valence electrons. The van der Waals surface area contributed by atoms with Gasteiger partial charge in [0, 0.05) is 12.2 Å². The summed E-state index contributed by atoms with van der Waals surface area (Å²) in [6, 6.07) is 14.0. The van der Waals surface area contributed by atoms with Crippen LogP contribution >= 0.6 is 0 Å². The van der Waals surface area contributed by atoms with Gasteiger partial charge in [-0.2, -0.15) is 0 Å². The van der Waals surface area contributed by atoms with Crippen LogP contribution in [-0.2, 0) is 4.79 Å². The Hall–Kier alpha value is -3.02. The first kappa shape index (κ1) is 16.8. The van der Waals surface area contributed by atoms with Gasteiger partial charge in [-0.3, -0.25) is 4.79 Å². The molecule has 0 aliphatic carbocycles. The van der Waals surface area contributed by atoms with E-state index in [1.807, 2.05) is 49.4 Å². The predicted octanol–water partition coefficient (Wildman–Crippen LogP) is 2.93. The van der Waals surface area contributed by atoms with Crippen molar-refractivity contribution < 1.29 is 14.3 Å². The zero-order chi connectivity index (χ0) is 17.8. The van der Waals surface area contributed by atoms with E-state index in [0.29, 0.717) is 24.4 Å². The van der Waals surface area contributed by atoms with Gasteiger partial charge >= 0.3 is 6.03 Å². The Morgan fingerprint density at radius 2 is 1.96 bits per heavy atom. The van der Waals surface area contributed by atoms with Crippen LogP contribution in [0.25, 0.3) is 0 Å². The molecule has 1 saturated heterocycles. The second-order valence-corrected chi connectivity index (χ2v) is 5.97. The van der Waals surface area contributed by atoms with Gasteiger partial charge in [-0.25, -0.2) is 4.79 Å². The van der Waals surface area contributed by atoms with Crippen molar-refractivity contribution in [1.29, 1.82) is 0 Å². The van der Waals surface area contributed by atoms with Crippen molar-refractivity contribution in [3.63, 3.8) is 0 Å². The van der Waals surface area contributed by atoms with Crippen LogP contribution in [0, 0.1) is 6.92 Å². The largest absolute Gasteiger partial charge is 0.495 e. The van der Waals surface area contributed by atoms with Gasteiger partial charge in [0.05, 0.1) is 12.8 Å². The van der Waals surface area contributed by atoms with E-state index in [-0.39, 0.29) is 5.91 Å². The molecule has 2 aromatic carbocycles. The number of carbonyl (C=O) groups is 2. The average molecular weight is 339 g/mol. The molecule has 6 heteroatoms. The number of urea groups is 1. The number of carbonyl (C=O) groups excluding carboxylic acids is 2. The fourth-order valence-electron chi connectivity index (χ4n) is 2.91. The maximum absolute atomic E-state index is 12.5. The van der Waals surface area contributed by atoms with Crippen LogP contribution in [0.4, 0.5) is 16.2 Å². The Balaban J connectivity index is 1.64. The zero-order valence-corrected chi connectivity index (χ0v) is 14.3. The molecule has 1 heterocycles. The van der Waals surface area contributed by atoms with E-state index in [0.717, 1.165) is 11.3 Å². The fourth-order valence-corrected chi connectivity index (χ4v) is 2.91. The van der Waals surface area contributed by atoms with Crippen molar-refractivity contribution in [2.75, 3.05) is 23.9 Å². The first-order valence-corrected chi connectivity index (χ1v) is 8.17. The van der Waals surface area contributed by atoms with E-state index in [1.165, 1.54) is 0 Å². The lowest BCUT2D eigenvalue weighted by Crippen LogP contribution is -2.43. The number of ether oxygens (including phenoxy) is 1. The van der Waals surface area contributed by atoms with Gasteiger partial charge in [-0.05, 0) is 43.2 Å². The van der Waals surface area contributed by atoms with Gasteiger partial charge in [0.2, 0.25) is 5.91 Å². The molecule has 0 spiro atoms. The molecule has 25 heavy (non-hydrogen) atoms. The number of hydrogen-bond acceptors (Lipinski definition) is 3. The van der Waals surface area contributed by atoms with Crippen molar-refractivity contribution in [1.82, 2.24) is 5.32 Å². The minimum Gasteiger partial charge on any atom is -0.495 e. The van der Waals surface area contributed by atoms with Gasteiger partial charge in [-0.1, -0.05) is 24.3 Å². The molecule has 1 aliphatic rings. The Labute approximate surface area is 146 Å². The number of aryl methyl sites for hydroxylation is 1. The van der Waals surface area contributed by atoms with Crippen molar-refractivity contribution in [3.05, 3.63) is 54.1 Å². The molecule has 0 bridgehead atoms. The molecule has 2 aromatic rings. The molecular formula is C19H21N3O3. The van der Waals surface area contributed by atoms with Crippen LogP contribution < -0.4 is 20.3 Å². The fraction of sp³-hybridized carbons (Fsp3) is 0.263. The third-order valence-electron chi connectivity index (χ3n) is 4.18. The summed E-state index contributed by atoms with van der Waals surface area (Å²) in [5, 5.41) is 5.51.